The monoisotopic (exact) mass is 131 g/mol. The minimum absolute atomic E-state index is 0.142. The van der Waals surface area contributed by atoms with Crippen LogP contribution in [0.15, 0.2) is 0 Å². The van der Waals surface area contributed by atoms with E-state index in [0.29, 0.717) is 6.54 Å². The third-order valence-corrected chi connectivity index (χ3v) is 1.73. The van der Waals surface area contributed by atoms with Crippen molar-refractivity contribution in [3.05, 3.63) is 0 Å². The number of hydrogen-bond acceptors (Lipinski definition) is 2. The zero-order valence-corrected chi connectivity index (χ0v) is 6.52. The SMILES string of the molecule is CC(C)(C)C(CN)CO. The molecule has 0 amide bonds. The minimum Gasteiger partial charge on any atom is -0.396 e. The van der Waals surface area contributed by atoms with E-state index in [4.69, 9.17) is 10.8 Å². The predicted octanol–water partition coefficient (Wildman–Crippen LogP) is 0.600. The van der Waals surface area contributed by atoms with Crippen molar-refractivity contribution < 1.29 is 5.11 Å². The van der Waals surface area contributed by atoms with Crippen LogP contribution in [0.2, 0.25) is 0 Å². The van der Waals surface area contributed by atoms with Gasteiger partial charge in [0.25, 0.3) is 0 Å². The lowest BCUT2D eigenvalue weighted by Gasteiger charge is -2.27. The summed E-state index contributed by atoms with van der Waals surface area (Å²) in [5.74, 6) is 0.234. The van der Waals surface area contributed by atoms with Gasteiger partial charge in [0.15, 0.2) is 0 Å². The maximum atomic E-state index is 8.78. The topological polar surface area (TPSA) is 46.2 Å². The van der Waals surface area contributed by atoms with Crippen molar-refractivity contribution in [3.63, 3.8) is 0 Å². The maximum Gasteiger partial charge on any atom is 0.0476 e. The van der Waals surface area contributed by atoms with E-state index in [9.17, 15) is 0 Å². The smallest absolute Gasteiger partial charge is 0.0476 e. The first-order chi connectivity index (χ1) is 4.02. The van der Waals surface area contributed by atoms with E-state index in [0.717, 1.165) is 0 Å². The van der Waals surface area contributed by atoms with Gasteiger partial charge in [0, 0.05) is 6.61 Å². The summed E-state index contributed by atoms with van der Waals surface area (Å²) in [6.45, 7) is 7.02. The summed E-state index contributed by atoms with van der Waals surface area (Å²) in [7, 11) is 0. The molecule has 0 radical (unpaired) electrons. The van der Waals surface area contributed by atoms with Gasteiger partial charge in [-0.15, -0.1) is 0 Å². The molecule has 0 bridgehead atoms. The molecule has 0 rings (SSSR count). The summed E-state index contributed by atoms with van der Waals surface area (Å²) in [5.41, 5.74) is 5.55. The average Bonchev–Trinajstić information content (AvgIpc) is 1.65. The fourth-order valence-electron chi connectivity index (χ4n) is 0.702. The van der Waals surface area contributed by atoms with E-state index in [1.807, 2.05) is 0 Å². The first kappa shape index (κ1) is 8.92. The maximum absolute atomic E-state index is 8.78. The second kappa shape index (κ2) is 3.18. The van der Waals surface area contributed by atoms with E-state index in [-0.39, 0.29) is 17.9 Å². The Morgan fingerprint density at radius 3 is 1.89 bits per heavy atom. The molecule has 0 aromatic heterocycles. The third-order valence-electron chi connectivity index (χ3n) is 1.73. The number of rotatable bonds is 2. The molecule has 2 nitrogen and oxygen atoms in total. The van der Waals surface area contributed by atoms with Gasteiger partial charge in [-0.3, -0.25) is 0 Å². The van der Waals surface area contributed by atoms with Gasteiger partial charge in [0.05, 0.1) is 0 Å². The van der Waals surface area contributed by atoms with Crippen molar-refractivity contribution in [1.29, 1.82) is 0 Å². The molecule has 2 heteroatoms. The van der Waals surface area contributed by atoms with Gasteiger partial charge in [0.2, 0.25) is 0 Å². The molecule has 0 saturated heterocycles. The van der Waals surface area contributed by atoms with E-state index < -0.39 is 0 Å². The molecule has 1 atom stereocenters. The Morgan fingerprint density at radius 2 is 1.89 bits per heavy atom. The van der Waals surface area contributed by atoms with Gasteiger partial charge in [-0.05, 0) is 17.9 Å². The molecule has 0 aliphatic carbocycles. The molecule has 0 aliphatic rings. The summed E-state index contributed by atoms with van der Waals surface area (Å²) in [6, 6.07) is 0. The molecule has 0 saturated carbocycles. The molecule has 0 fully saturated rings. The minimum atomic E-state index is 0.142. The molecule has 0 spiro atoms. The number of aliphatic hydroxyl groups excluding tert-OH is 1. The first-order valence-corrected chi connectivity index (χ1v) is 3.33. The van der Waals surface area contributed by atoms with Gasteiger partial charge in [-0.1, -0.05) is 20.8 Å². The summed E-state index contributed by atoms with van der Waals surface area (Å²) in [4.78, 5) is 0. The Hall–Kier alpha value is -0.0800. The molecule has 0 aliphatic heterocycles. The van der Waals surface area contributed by atoms with Gasteiger partial charge in [-0.2, -0.15) is 0 Å². The lowest BCUT2D eigenvalue weighted by Crippen LogP contribution is -2.30. The van der Waals surface area contributed by atoms with E-state index >= 15 is 0 Å². The standard InChI is InChI=1S/C7H17NO/c1-7(2,3)6(4-8)5-9/h6,9H,4-5,8H2,1-3H3. The molecule has 3 N–H and O–H groups in total. The molecular formula is C7H17NO. The number of nitrogens with two attached hydrogens (primary N) is 1. The lowest BCUT2D eigenvalue weighted by molar-refractivity contribution is 0.137. The number of hydrogen-bond donors (Lipinski definition) is 2. The Morgan fingerprint density at radius 1 is 1.44 bits per heavy atom. The Bertz CT molecular complexity index is 71.5. The predicted molar refractivity (Wildman–Crippen MR) is 39.1 cm³/mol. The van der Waals surface area contributed by atoms with Gasteiger partial charge < -0.3 is 10.8 Å². The molecule has 56 valence electrons. The van der Waals surface area contributed by atoms with E-state index in [2.05, 4.69) is 20.8 Å². The van der Waals surface area contributed by atoms with Crippen LogP contribution >= 0.6 is 0 Å². The Labute approximate surface area is 57.1 Å². The van der Waals surface area contributed by atoms with Crippen molar-refractivity contribution in [2.45, 2.75) is 20.8 Å². The number of aliphatic hydroxyl groups is 1. The first-order valence-electron chi connectivity index (χ1n) is 3.33. The summed E-state index contributed by atoms with van der Waals surface area (Å²) >= 11 is 0. The van der Waals surface area contributed by atoms with Gasteiger partial charge in [-0.25, -0.2) is 0 Å². The Kier molecular flexibility index (Phi) is 3.15. The van der Waals surface area contributed by atoms with Gasteiger partial charge >= 0.3 is 0 Å². The van der Waals surface area contributed by atoms with Gasteiger partial charge in [0.1, 0.15) is 0 Å². The van der Waals surface area contributed by atoms with Crippen LogP contribution in [0.4, 0.5) is 0 Å². The Balaban J connectivity index is 3.79. The van der Waals surface area contributed by atoms with Crippen LogP contribution in [0.3, 0.4) is 0 Å². The highest BCUT2D eigenvalue weighted by Crippen LogP contribution is 2.23. The zero-order valence-electron chi connectivity index (χ0n) is 6.52. The van der Waals surface area contributed by atoms with Crippen LogP contribution in [0, 0.1) is 11.3 Å². The van der Waals surface area contributed by atoms with E-state index in [1.54, 1.807) is 0 Å². The zero-order chi connectivity index (χ0) is 7.49. The highest BCUT2D eigenvalue weighted by atomic mass is 16.3. The van der Waals surface area contributed by atoms with Crippen LogP contribution in [0.25, 0.3) is 0 Å². The summed E-state index contributed by atoms with van der Waals surface area (Å²) in [6.07, 6.45) is 0. The quantitative estimate of drug-likeness (QED) is 0.576. The average molecular weight is 131 g/mol. The summed E-state index contributed by atoms with van der Waals surface area (Å²) < 4.78 is 0. The molecule has 0 aromatic carbocycles. The van der Waals surface area contributed by atoms with Crippen molar-refractivity contribution in [3.8, 4) is 0 Å². The normalized spacial score (nSPS) is 15.7. The molecule has 9 heavy (non-hydrogen) atoms. The second-order valence-electron chi connectivity index (χ2n) is 3.48. The molecule has 1 unspecified atom stereocenters. The van der Waals surface area contributed by atoms with E-state index in [1.165, 1.54) is 0 Å². The van der Waals surface area contributed by atoms with Crippen LogP contribution in [-0.2, 0) is 0 Å². The molecule has 0 aromatic rings. The fraction of sp³-hybridized carbons (Fsp3) is 1.00. The van der Waals surface area contributed by atoms with Crippen LogP contribution in [-0.4, -0.2) is 18.3 Å². The highest BCUT2D eigenvalue weighted by molar-refractivity contribution is 4.73. The van der Waals surface area contributed by atoms with Crippen LogP contribution < -0.4 is 5.73 Å². The largest absolute Gasteiger partial charge is 0.396 e. The van der Waals surface area contributed by atoms with Crippen molar-refractivity contribution in [2.24, 2.45) is 17.1 Å². The molecule has 0 heterocycles. The van der Waals surface area contributed by atoms with Crippen molar-refractivity contribution >= 4 is 0 Å². The molecular weight excluding hydrogens is 114 g/mol. The van der Waals surface area contributed by atoms with Crippen molar-refractivity contribution in [2.75, 3.05) is 13.2 Å². The van der Waals surface area contributed by atoms with Crippen LogP contribution in [0.5, 0.6) is 0 Å². The van der Waals surface area contributed by atoms with Crippen molar-refractivity contribution in [1.82, 2.24) is 0 Å². The summed E-state index contributed by atoms with van der Waals surface area (Å²) in [5, 5.41) is 8.78. The third kappa shape index (κ3) is 2.82. The second-order valence-corrected chi connectivity index (χ2v) is 3.48. The fourth-order valence-corrected chi connectivity index (χ4v) is 0.702. The highest BCUT2D eigenvalue weighted by Gasteiger charge is 2.21. The lowest BCUT2D eigenvalue weighted by atomic mass is 9.81. The van der Waals surface area contributed by atoms with Crippen LogP contribution in [0.1, 0.15) is 20.8 Å².